The molecule has 0 saturated carbocycles. The smallest absolute Gasteiger partial charge is 0.277 e. The monoisotopic (exact) mass is 376 g/mol. The number of nitrogens with zero attached hydrogens (tertiary/aromatic N) is 3. The highest BCUT2D eigenvalue weighted by Crippen LogP contribution is 2.18. The summed E-state index contributed by atoms with van der Waals surface area (Å²) in [6, 6.07) is 15.4. The molecule has 1 amide bonds. The van der Waals surface area contributed by atoms with Crippen molar-refractivity contribution in [3.63, 3.8) is 0 Å². The Morgan fingerprint density at radius 1 is 1.11 bits per heavy atom. The molecule has 7 heteroatoms. The van der Waals surface area contributed by atoms with Crippen molar-refractivity contribution in [2.24, 2.45) is 0 Å². The number of carbonyl (C=O) groups is 1. The van der Waals surface area contributed by atoms with Crippen LogP contribution in [0.4, 0.5) is 10.1 Å². The Balaban J connectivity index is 1.59. The number of amides is 1. The normalized spacial score (nSPS) is 10.9. The molecular formula is C21H17FN4O2. The van der Waals surface area contributed by atoms with Crippen LogP contribution in [0.15, 0.2) is 71.8 Å². The van der Waals surface area contributed by atoms with Crippen molar-refractivity contribution in [3.8, 4) is 11.3 Å². The lowest BCUT2D eigenvalue weighted by molar-refractivity contribution is -0.116. The summed E-state index contributed by atoms with van der Waals surface area (Å²) in [6.07, 6.45) is 3.16. The van der Waals surface area contributed by atoms with Crippen molar-refractivity contribution in [2.75, 3.05) is 5.32 Å². The van der Waals surface area contributed by atoms with E-state index >= 15 is 0 Å². The van der Waals surface area contributed by atoms with Gasteiger partial charge < -0.3 is 9.88 Å². The minimum atomic E-state index is -0.371. The minimum Gasteiger partial charge on any atom is -0.324 e. The fourth-order valence-electron chi connectivity index (χ4n) is 3.01. The topological polar surface area (TPSA) is 68.4 Å². The van der Waals surface area contributed by atoms with Gasteiger partial charge in [0.15, 0.2) is 0 Å². The van der Waals surface area contributed by atoms with Crippen LogP contribution in [0.1, 0.15) is 5.56 Å². The molecule has 0 spiro atoms. The summed E-state index contributed by atoms with van der Waals surface area (Å²) in [4.78, 5) is 25.1. The summed E-state index contributed by atoms with van der Waals surface area (Å²) in [5, 5.41) is 7.12. The van der Waals surface area contributed by atoms with Crippen LogP contribution in [0.5, 0.6) is 0 Å². The molecule has 0 bridgehead atoms. The van der Waals surface area contributed by atoms with E-state index in [0.717, 1.165) is 5.56 Å². The first-order valence-corrected chi connectivity index (χ1v) is 8.71. The van der Waals surface area contributed by atoms with Crippen LogP contribution in [0, 0.1) is 12.7 Å². The quantitative estimate of drug-likeness (QED) is 0.594. The molecule has 0 aliphatic carbocycles. The van der Waals surface area contributed by atoms with Crippen LogP contribution in [0.25, 0.3) is 16.8 Å². The third-order valence-electron chi connectivity index (χ3n) is 4.45. The predicted molar refractivity (Wildman–Crippen MR) is 105 cm³/mol. The fraction of sp³-hybridized carbons (Fsp3) is 0.0952. The average molecular weight is 376 g/mol. The first-order valence-electron chi connectivity index (χ1n) is 8.71. The van der Waals surface area contributed by atoms with E-state index in [1.54, 1.807) is 19.2 Å². The van der Waals surface area contributed by atoms with Gasteiger partial charge in [0.05, 0.1) is 5.69 Å². The van der Waals surface area contributed by atoms with E-state index in [9.17, 15) is 14.0 Å². The van der Waals surface area contributed by atoms with Gasteiger partial charge in [-0.15, -0.1) is 0 Å². The van der Waals surface area contributed by atoms with Crippen LogP contribution < -0.4 is 10.9 Å². The molecule has 0 saturated heterocycles. The molecule has 2 aromatic carbocycles. The van der Waals surface area contributed by atoms with Gasteiger partial charge in [0.25, 0.3) is 5.56 Å². The molecule has 0 aliphatic heterocycles. The third-order valence-corrected chi connectivity index (χ3v) is 4.45. The lowest BCUT2D eigenvalue weighted by atomic mass is 10.1. The SMILES string of the molecule is Cc1cc(F)ccc1NC(=O)Cn1ccn2nc(-c3ccccc3)cc2c1=O. The van der Waals surface area contributed by atoms with E-state index in [2.05, 4.69) is 10.4 Å². The van der Waals surface area contributed by atoms with Gasteiger partial charge in [-0.25, -0.2) is 8.91 Å². The van der Waals surface area contributed by atoms with E-state index in [4.69, 9.17) is 0 Å². The second-order valence-electron chi connectivity index (χ2n) is 6.46. The lowest BCUT2D eigenvalue weighted by Gasteiger charge is -2.10. The molecule has 0 radical (unpaired) electrons. The summed E-state index contributed by atoms with van der Waals surface area (Å²) in [7, 11) is 0. The Labute approximate surface area is 159 Å². The molecule has 1 N–H and O–H groups in total. The second-order valence-corrected chi connectivity index (χ2v) is 6.46. The third kappa shape index (κ3) is 3.42. The number of benzene rings is 2. The maximum atomic E-state index is 13.2. The molecule has 4 aromatic rings. The van der Waals surface area contributed by atoms with Gasteiger partial charge in [0, 0.05) is 23.6 Å². The number of anilines is 1. The molecule has 140 valence electrons. The Hall–Kier alpha value is -3.74. The van der Waals surface area contributed by atoms with Crippen LogP contribution in [0.2, 0.25) is 0 Å². The molecule has 0 unspecified atom stereocenters. The zero-order valence-electron chi connectivity index (χ0n) is 15.1. The van der Waals surface area contributed by atoms with Crippen LogP contribution in [0.3, 0.4) is 0 Å². The summed E-state index contributed by atoms with van der Waals surface area (Å²) < 4.78 is 16.0. The number of hydrogen-bond acceptors (Lipinski definition) is 3. The van der Waals surface area contributed by atoms with Gasteiger partial charge in [0.2, 0.25) is 5.91 Å². The van der Waals surface area contributed by atoms with Gasteiger partial charge in [-0.05, 0) is 36.8 Å². The van der Waals surface area contributed by atoms with E-state index in [-0.39, 0.29) is 23.8 Å². The predicted octanol–water partition coefficient (Wildman–Crippen LogP) is 3.25. The molecule has 28 heavy (non-hydrogen) atoms. The molecule has 6 nitrogen and oxygen atoms in total. The number of hydrogen-bond donors (Lipinski definition) is 1. The van der Waals surface area contributed by atoms with Crippen LogP contribution >= 0.6 is 0 Å². The zero-order valence-corrected chi connectivity index (χ0v) is 15.1. The maximum absolute atomic E-state index is 13.2. The molecule has 0 atom stereocenters. The Bertz CT molecular complexity index is 1230. The molecule has 2 heterocycles. The summed E-state index contributed by atoms with van der Waals surface area (Å²) in [5.74, 6) is -0.740. The number of aromatic nitrogens is 3. The Kier molecular flexibility index (Phi) is 4.49. The van der Waals surface area contributed by atoms with Gasteiger partial charge in [0.1, 0.15) is 17.9 Å². The van der Waals surface area contributed by atoms with E-state index in [1.165, 1.54) is 33.5 Å². The molecule has 0 aliphatic rings. The number of rotatable bonds is 4. The van der Waals surface area contributed by atoms with E-state index in [1.807, 2.05) is 30.3 Å². The zero-order chi connectivity index (χ0) is 19.7. The fourth-order valence-corrected chi connectivity index (χ4v) is 3.01. The summed E-state index contributed by atoms with van der Waals surface area (Å²) in [6.45, 7) is 1.55. The van der Waals surface area contributed by atoms with E-state index < -0.39 is 0 Å². The standard InChI is InChI=1S/C21H17FN4O2/c1-14-11-16(22)7-8-17(14)23-20(27)13-25-9-10-26-19(21(25)28)12-18(24-26)15-5-3-2-4-6-15/h2-12H,13H2,1H3,(H,23,27). The Morgan fingerprint density at radius 2 is 1.89 bits per heavy atom. The Morgan fingerprint density at radius 3 is 2.64 bits per heavy atom. The average Bonchev–Trinajstić information content (AvgIpc) is 3.12. The first-order chi connectivity index (χ1) is 13.5. The summed E-state index contributed by atoms with van der Waals surface area (Å²) >= 11 is 0. The van der Waals surface area contributed by atoms with Gasteiger partial charge in [-0.2, -0.15) is 5.10 Å². The van der Waals surface area contributed by atoms with Crippen molar-refractivity contribution in [3.05, 3.63) is 88.7 Å². The van der Waals surface area contributed by atoms with Crippen LogP contribution in [-0.4, -0.2) is 20.1 Å². The van der Waals surface area contributed by atoms with Crippen molar-refractivity contribution in [1.29, 1.82) is 0 Å². The summed E-state index contributed by atoms with van der Waals surface area (Å²) in [5.41, 5.74) is 2.77. The van der Waals surface area contributed by atoms with Gasteiger partial charge >= 0.3 is 0 Å². The van der Waals surface area contributed by atoms with Crippen molar-refractivity contribution >= 4 is 17.1 Å². The number of aryl methyl sites for hydroxylation is 1. The first kappa shape index (κ1) is 17.7. The van der Waals surface area contributed by atoms with Crippen molar-refractivity contribution in [2.45, 2.75) is 13.5 Å². The van der Waals surface area contributed by atoms with Gasteiger partial charge in [-0.1, -0.05) is 30.3 Å². The number of nitrogens with one attached hydrogen (secondary N) is 1. The number of fused-ring (bicyclic) bond motifs is 1. The molecular weight excluding hydrogens is 359 g/mol. The van der Waals surface area contributed by atoms with Gasteiger partial charge in [-0.3, -0.25) is 9.59 Å². The molecule has 2 aromatic heterocycles. The molecule has 4 rings (SSSR count). The number of halogens is 1. The van der Waals surface area contributed by atoms with Crippen molar-refractivity contribution in [1.82, 2.24) is 14.2 Å². The minimum absolute atomic E-state index is 0.155. The molecule has 0 fully saturated rings. The second kappa shape index (κ2) is 7.11. The highest BCUT2D eigenvalue weighted by Gasteiger charge is 2.12. The highest BCUT2D eigenvalue weighted by molar-refractivity contribution is 5.91. The highest BCUT2D eigenvalue weighted by atomic mass is 19.1. The van der Waals surface area contributed by atoms with Crippen molar-refractivity contribution < 1.29 is 9.18 Å². The largest absolute Gasteiger partial charge is 0.324 e. The lowest BCUT2D eigenvalue weighted by Crippen LogP contribution is -2.28. The van der Waals surface area contributed by atoms with E-state index in [0.29, 0.717) is 22.5 Å². The van der Waals surface area contributed by atoms with Crippen LogP contribution in [-0.2, 0) is 11.3 Å². The number of carbonyl (C=O) groups excluding carboxylic acids is 1. The maximum Gasteiger partial charge on any atom is 0.277 e.